The van der Waals surface area contributed by atoms with E-state index in [2.05, 4.69) is 30.9 Å². The lowest BCUT2D eigenvalue weighted by Gasteiger charge is -2.16. The lowest BCUT2D eigenvalue weighted by atomic mass is 10.1. The highest BCUT2D eigenvalue weighted by Gasteiger charge is 2.43. The van der Waals surface area contributed by atoms with Crippen LogP contribution in [0.3, 0.4) is 0 Å². The Morgan fingerprint density at radius 1 is 1.45 bits per heavy atom. The number of hydrogen-bond acceptors (Lipinski definition) is 7. The molecule has 9 nitrogen and oxygen atoms in total. The highest BCUT2D eigenvalue weighted by atomic mass is 79.9. The maximum atomic E-state index is 12.3. The molecule has 0 bridgehead atoms. The van der Waals surface area contributed by atoms with Crippen LogP contribution < -0.4 is 5.56 Å². The van der Waals surface area contributed by atoms with Gasteiger partial charge in [0, 0.05) is 0 Å². The Morgan fingerprint density at radius 3 is 2.85 bits per heavy atom. The van der Waals surface area contributed by atoms with Crippen LogP contribution in [-0.4, -0.2) is 59.8 Å². The molecule has 0 saturated carbocycles. The summed E-state index contributed by atoms with van der Waals surface area (Å²) in [6.45, 7) is -0.464. The molecule has 2 aromatic rings. The summed E-state index contributed by atoms with van der Waals surface area (Å²) in [5.41, 5.74) is -0.120. The standard InChI is InChI=1S/C10H11BrN4O5/c11-10-13-4-7(14-10)12-2-15(8(4)19)9-6(18)5(17)3(1-16)20-9/h2-3,5-6,9,16-18H,1H2,(H,13,14)/t3-,5-,6-,9-/m1/s1. The summed E-state index contributed by atoms with van der Waals surface area (Å²) < 4.78 is 6.69. The van der Waals surface area contributed by atoms with Crippen molar-refractivity contribution in [3.05, 3.63) is 21.4 Å². The molecule has 10 heteroatoms. The van der Waals surface area contributed by atoms with Crippen molar-refractivity contribution in [2.75, 3.05) is 6.61 Å². The second kappa shape index (κ2) is 4.90. The van der Waals surface area contributed by atoms with Crippen LogP contribution in [0, 0.1) is 0 Å². The molecule has 1 aliphatic rings. The van der Waals surface area contributed by atoms with Gasteiger partial charge in [-0.25, -0.2) is 9.97 Å². The van der Waals surface area contributed by atoms with Crippen LogP contribution in [0.5, 0.6) is 0 Å². The van der Waals surface area contributed by atoms with Crippen LogP contribution in [0.1, 0.15) is 6.23 Å². The first-order valence-electron chi connectivity index (χ1n) is 5.77. The third kappa shape index (κ3) is 1.96. The number of aliphatic hydroxyl groups excluding tert-OH is 3. The molecule has 0 unspecified atom stereocenters. The zero-order valence-corrected chi connectivity index (χ0v) is 11.6. The first-order valence-corrected chi connectivity index (χ1v) is 6.57. The molecular weight excluding hydrogens is 336 g/mol. The SMILES string of the molecule is O=c1c2[nH]c(Br)nc2ncn1[C@@H]1O[C@H](CO)[C@@H](O)[C@H]1O. The van der Waals surface area contributed by atoms with Crippen LogP contribution in [0.2, 0.25) is 0 Å². The number of halogens is 1. The minimum atomic E-state index is -1.34. The second-order valence-corrected chi connectivity index (χ2v) is 5.16. The number of hydrogen-bond donors (Lipinski definition) is 4. The minimum absolute atomic E-state index is 0.150. The lowest BCUT2D eigenvalue weighted by Crippen LogP contribution is -2.35. The van der Waals surface area contributed by atoms with Crippen LogP contribution >= 0.6 is 15.9 Å². The number of imidazole rings is 1. The fraction of sp³-hybridized carbons (Fsp3) is 0.500. The first-order chi connectivity index (χ1) is 9.52. The number of nitrogens with one attached hydrogen (secondary N) is 1. The van der Waals surface area contributed by atoms with E-state index >= 15 is 0 Å². The van der Waals surface area contributed by atoms with E-state index in [0.29, 0.717) is 4.73 Å². The van der Waals surface area contributed by atoms with Crippen molar-refractivity contribution < 1.29 is 20.1 Å². The van der Waals surface area contributed by atoms with Gasteiger partial charge < -0.3 is 25.0 Å². The number of nitrogens with zero attached hydrogens (tertiary/aromatic N) is 3. The molecule has 1 fully saturated rings. The van der Waals surface area contributed by atoms with E-state index in [1.54, 1.807) is 0 Å². The van der Waals surface area contributed by atoms with Crippen molar-refractivity contribution in [1.29, 1.82) is 0 Å². The molecule has 1 aliphatic heterocycles. The summed E-state index contributed by atoms with van der Waals surface area (Å²) in [6.07, 6.45) is -3.51. The third-order valence-electron chi connectivity index (χ3n) is 3.20. The molecule has 0 spiro atoms. The topological polar surface area (TPSA) is 133 Å². The minimum Gasteiger partial charge on any atom is -0.394 e. The van der Waals surface area contributed by atoms with Gasteiger partial charge in [0.2, 0.25) is 0 Å². The van der Waals surface area contributed by atoms with Crippen molar-refractivity contribution in [1.82, 2.24) is 19.5 Å². The van der Waals surface area contributed by atoms with Crippen LogP contribution in [0.4, 0.5) is 0 Å². The first kappa shape index (κ1) is 13.6. The highest BCUT2D eigenvalue weighted by molar-refractivity contribution is 9.10. The molecule has 4 N–H and O–H groups in total. The Labute approximate surface area is 120 Å². The van der Waals surface area contributed by atoms with Crippen molar-refractivity contribution in [2.24, 2.45) is 0 Å². The number of H-pyrrole nitrogens is 1. The van der Waals surface area contributed by atoms with E-state index in [1.807, 2.05) is 0 Å². The summed E-state index contributed by atoms with van der Waals surface area (Å²) in [5, 5.41) is 28.6. The van der Waals surface area contributed by atoms with Gasteiger partial charge in [0.05, 0.1) is 6.61 Å². The summed E-state index contributed by atoms with van der Waals surface area (Å²) in [6, 6.07) is 0. The van der Waals surface area contributed by atoms with Crippen LogP contribution in [0.25, 0.3) is 11.2 Å². The van der Waals surface area contributed by atoms with E-state index in [9.17, 15) is 15.0 Å². The average Bonchev–Trinajstić information content (AvgIpc) is 2.93. The van der Waals surface area contributed by atoms with Gasteiger partial charge in [-0.1, -0.05) is 0 Å². The Balaban J connectivity index is 2.07. The molecule has 3 heterocycles. The lowest BCUT2D eigenvalue weighted by molar-refractivity contribution is -0.0546. The Morgan fingerprint density at radius 2 is 2.20 bits per heavy atom. The molecular formula is C10H11BrN4O5. The molecule has 1 saturated heterocycles. The second-order valence-electron chi connectivity index (χ2n) is 4.41. The molecule has 0 aromatic carbocycles. The van der Waals surface area contributed by atoms with Crippen LogP contribution in [-0.2, 0) is 4.74 Å². The van der Waals surface area contributed by atoms with E-state index in [0.717, 1.165) is 4.57 Å². The molecule has 2 aromatic heterocycles. The average molecular weight is 347 g/mol. The highest BCUT2D eigenvalue weighted by Crippen LogP contribution is 2.28. The molecule has 0 aliphatic carbocycles. The van der Waals surface area contributed by atoms with Gasteiger partial charge in [0.15, 0.2) is 22.1 Å². The molecule has 20 heavy (non-hydrogen) atoms. The van der Waals surface area contributed by atoms with Gasteiger partial charge in [-0.2, -0.15) is 0 Å². The number of aromatic nitrogens is 4. The van der Waals surface area contributed by atoms with Gasteiger partial charge in [0.1, 0.15) is 24.6 Å². The van der Waals surface area contributed by atoms with E-state index in [1.165, 1.54) is 6.33 Å². The molecule has 0 amide bonds. The number of rotatable bonds is 2. The summed E-state index contributed by atoms with van der Waals surface area (Å²) >= 11 is 3.10. The molecule has 108 valence electrons. The van der Waals surface area contributed by atoms with E-state index in [4.69, 9.17) is 9.84 Å². The third-order valence-corrected chi connectivity index (χ3v) is 3.58. The largest absolute Gasteiger partial charge is 0.394 e. The number of aromatic amines is 1. The number of ether oxygens (including phenoxy) is 1. The summed E-state index contributed by atoms with van der Waals surface area (Å²) in [7, 11) is 0. The van der Waals surface area contributed by atoms with Gasteiger partial charge in [-0.05, 0) is 15.9 Å². The van der Waals surface area contributed by atoms with Gasteiger partial charge in [0.25, 0.3) is 5.56 Å². The predicted octanol–water partition coefficient (Wildman–Crippen LogP) is -1.51. The molecule has 0 radical (unpaired) electrons. The van der Waals surface area contributed by atoms with Crippen molar-refractivity contribution in [3.8, 4) is 0 Å². The smallest absolute Gasteiger partial charge is 0.281 e. The molecule has 3 rings (SSSR count). The van der Waals surface area contributed by atoms with Gasteiger partial charge in [-0.15, -0.1) is 0 Å². The zero-order chi connectivity index (χ0) is 14.4. The zero-order valence-electron chi connectivity index (χ0n) is 9.97. The normalized spacial score (nSPS) is 30.2. The Bertz CT molecular complexity index is 701. The van der Waals surface area contributed by atoms with E-state index in [-0.39, 0.29) is 11.2 Å². The number of aliphatic hydroxyl groups is 3. The van der Waals surface area contributed by atoms with Crippen molar-refractivity contribution >= 4 is 27.1 Å². The summed E-state index contributed by atoms with van der Waals surface area (Å²) in [5.74, 6) is 0. The Hall–Kier alpha value is -1.33. The molecule has 4 atom stereocenters. The Kier molecular flexibility index (Phi) is 3.34. The fourth-order valence-corrected chi connectivity index (χ4v) is 2.53. The maximum absolute atomic E-state index is 12.3. The van der Waals surface area contributed by atoms with Crippen molar-refractivity contribution in [2.45, 2.75) is 24.5 Å². The van der Waals surface area contributed by atoms with Crippen LogP contribution in [0.15, 0.2) is 15.9 Å². The van der Waals surface area contributed by atoms with E-state index < -0.39 is 36.7 Å². The van der Waals surface area contributed by atoms with Gasteiger partial charge >= 0.3 is 0 Å². The summed E-state index contributed by atoms with van der Waals surface area (Å²) in [4.78, 5) is 22.9. The predicted molar refractivity (Wildman–Crippen MR) is 68.9 cm³/mol. The number of fused-ring (bicyclic) bond motifs is 1. The quantitative estimate of drug-likeness (QED) is 0.486. The monoisotopic (exact) mass is 346 g/mol. The maximum Gasteiger partial charge on any atom is 0.281 e. The van der Waals surface area contributed by atoms with Crippen molar-refractivity contribution in [3.63, 3.8) is 0 Å². The fourth-order valence-electron chi connectivity index (χ4n) is 2.17. The van der Waals surface area contributed by atoms with Gasteiger partial charge in [-0.3, -0.25) is 9.36 Å².